The molecule has 1 aromatic rings. The molecule has 0 aliphatic carbocycles. The third-order valence-electron chi connectivity index (χ3n) is 2.92. The number of carbonyl (C=O) groups excluding carboxylic acids is 1. The fourth-order valence-electron chi connectivity index (χ4n) is 2.12. The Labute approximate surface area is 118 Å². The highest BCUT2D eigenvalue weighted by Gasteiger charge is 2.26. The van der Waals surface area contributed by atoms with Gasteiger partial charge in [-0.15, -0.1) is 0 Å². The molecule has 0 saturated carbocycles. The van der Waals surface area contributed by atoms with E-state index in [0.29, 0.717) is 0 Å². The van der Waals surface area contributed by atoms with Crippen molar-refractivity contribution < 1.29 is 18.3 Å². The summed E-state index contributed by atoms with van der Waals surface area (Å²) in [4.78, 5) is 14.0. The molecular formula is C15H21F2NO2. The molecule has 20 heavy (non-hydrogen) atoms. The lowest BCUT2D eigenvalue weighted by atomic mass is 10.2. The van der Waals surface area contributed by atoms with Crippen LogP contribution in [0.25, 0.3) is 0 Å². The second kappa shape index (κ2) is 6.68. The second-order valence-electron chi connectivity index (χ2n) is 5.27. The first kappa shape index (κ1) is 16.4. The molecule has 0 radical (unpaired) electrons. The smallest absolute Gasteiger partial charge is 0.263 e. The summed E-state index contributed by atoms with van der Waals surface area (Å²) in [6, 6.07) is 3.30. The van der Waals surface area contributed by atoms with Gasteiger partial charge >= 0.3 is 0 Å². The molecule has 1 unspecified atom stereocenters. The van der Waals surface area contributed by atoms with Gasteiger partial charge in [0.15, 0.2) is 17.7 Å². The van der Waals surface area contributed by atoms with Crippen molar-refractivity contribution in [2.24, 2.45) is 0 Å². The maximum Gasteiger partial charge on any atom is 0.263 e. The third-order valence-corrected chi connectivity index (χ3v) is 2.92. The number of halogens is 2. The Morgan fingerprint density at radius 3 is 2.05 bits per heavy atom. The van der Waals surface area contributed by atoms with E-state index in [-0.39, 0.29) is 23.7 Å². The fourth-order valence-corrected chi connectivity index (χ4v) is 2.12. The van der Waals surface area contributed by atoms with E-state index in [0.717, 1.165) is 12.1 Å². The van der Waals surface area contributed by atoms with E-state index >= 15 is 0 Å². The number of ether oxygens (including phenoxy) is 1. The molecule has 0 fully saturated rings. The van der Waals surface area contributed by atoms with Crippen molar-refractivity contribution in [2.45, 2.75) is 52.8 Å². The number of rotatable bonds is 5. The molecule has 5 heteroatoms. The maximum atomic E-state index is 13.1. The lowest BCUT2D eigenvalue weighted by Gasteiger charge is -2.33. The lowest BCUT2D eigenvalue weighted by molar-refractivity contribution is -0.141. The highest BCUT2D eigenvalue weighted by atomic mass is 19.2. The molecule has 1 rings (SSSR count). The zero-order valence-electron chi connectivity index (χ0n) is 12.5. The molecule has 0 N–H and O–H groups in total. The third kappa shape index (κ3) is 3.92. The molecule has 0 aliphatic heterocycles. The zero-order chi connectivity index (χ0) is 15.4. The molecule has 112 valence electrons. The maximum absolute atomic E-state index is 13.1. The van der Waals surface area contributed by atoms with Gasteiger partial charge in [0.25, 0.3) is 5.91 Å². The average Bonchev–Trinajstić information content (AvgIpc) is 2.32. The van der Waals surface area contributed by atoms with Crippen molar-refractivity contribution in [3.05, 3.63) is 29.8 Å². The van der Waals surface area contributed by atoms with Crippen LogP contribution in [0.15, 0.2) is 18.2 Å². The minimum atomic E-state index is -0.994. The van der Waals surface area contributed by atoms with E-state index in [4.69, 9.17) is 4.74 Å². The monoisotopic (exact) mass is 285 g/mol. The first-order valence-electron chi connectivity index (χ1n) is 6.68. The number of benzene rings is 1. The summed E-state index contributed by atoms with van der Waals surface area (Å²) in [5, 5.41) is 0. The van der Waals surface area contributed by atoms with E-state index in [1.54, 1.807) is 11.8 Å². The van der Waals surface area contributed by atoms with Gasteiger partial charge in [-0.1, -0.05) is 0 Å². The van der Waals surface area contributed by atoms with Crippen molar-refractivity contribution in [2.75, 3.05) is 0 Å². The highest BCUT2D eigenvalue weighted by Crippen LogP contribution is 2.18. The Morgan fingerprint density at radius 2 is 1.60 bits per heavy atom. The zero-order valence-corrected chi connectivity index (χ0v) is 12.5. The van der Waals surface area contributed by atoms with Crippen LogP contribution in [0, 0.1) is 11.6 Å². The van der Waals surface area contributed by atoms with Crippen LogP contribution >= 0.6 is 0 Å². The van der Waals surface area contributed by atoms with Gasteiger partial charge in [0, 0.05) is 18.2 Å². The van der Waals surface area contributed by atoms with E-state index in [2.05, 4.69) is 0 Å². The molecule has 0 bridgehead atoms. The van der Waals surface area contributed by atoms with Crippen molar-refractivity contribution in [3.8, 4) is 5.75 Å². The Balaban J connectivity index is 2.81. The van der Waals surface area contributed by atoms with Gasteiger partial charge in [0.1, 0.15) is 5.75 Å². The van der Waals surface area contributed by atoms with Gasteiger partial charge in [-0.25, -0.2) is 8.78 Å². The van der Waals surface area contributed by atoms with Crippen molar-refractivity contribution >= 4 is 5.91 Å². The molecule has 0 saturated heterocycles. The molecule has 0 aromatic heterocycles. The Kier molecular flexibility index (Phi) is 5.48. The summed E-state index contributed by atoms with van der Waals surface area (Å²) >= 11 is 0. The standard InChI is InChI=1S/C15H21F2NO2/c1-9(2)18(10(3)4)15(19)11(5)20-12-6-7-13(16)14(17)8-12/h6-11H,1-5H3. The summed E-state index contributed by atoms with van der Waals surface area (Å²) in [6.07, 6.45) is -0.760. The van der Waals surface area contributed by atoms with Crippen LogP contribution < -0.4 is 4.74 Å². The Hall–Kier alpha value is -1.65. The first-order valence-corrected chi connectivity index (χ1v) is 6.68. The highest BCUT2D eigenvalue weighted by molar-refractivity contribution is 5.81. The molecule has 0 spiro atoms. The fraction of sp³-hybridized carbons (Fsp3) is 0.533. The predicted molar refractivity (Wildman–Crippen MR) is 73.6 cm³/mol. The molecule has 1 aromatic carbocycles. The second-order valence-corrected chi connectivity index (χ2v) is 5.27. The molecule has 1 atom stereocenters. The van der Waals surface area contributed by atoms with Crippen LogP contribution in [-0.2, 0) is 4.79 Å². The molecule has 3 nitrogen and oxygen atoms in total. The minimum Gasteiger partial charge on any atom is -0.481 e. The Bertz CT molecular complexity index is 467. The average molecular weight is 285 g/mol. The SMILES string of the molecule is CC(Oc1ccc(F)c(F)c1)C(=O)N(C(C)C)C(C)C. The van der Waals surface area contributed by atoms with Gasteiger partial charge in [-0.05, 0) is 46.8 Å². The van der Waals surface area contributed by atoms with Gasteiger partial charge in [-0.2, -0.15) is 0 Å². The largest absolute Gasteiger partial charge is 0.481 e. The lowest BCUT2D eigenvalue weighted by Crippen LogP contribution is -2.48. The van der Waals surface area contributed by atoms with E-state index in [1.807, 2.05) is 27.7 Å². The van der Waals surface area contributed by atoms with E-state index < -0.39 is 17.7 Å². The molecule has 1 amide bonds. The van der Waals surface area contributed by atoms with Gasteiger partial charge < -0.3 is 9.64 Å². The topological polar surface area (TPSA) is 29.5 Å². The summed E-state index contributed by atoms with van der Waals surface area (Å²) < 4.78 is 31.3. The van der Waals surface area contributed by atoms with E-state index in [1.165, 1.54) is 6.07 Å². The predicted octanol–water partition coefficient (Wildman–Crippen LogP) is 3.38. The first-order chi connectivity index (χ1) is 9.23. The Morgan fingerprint density at radius 1 is 1.05 bits per heavy atom. The number of carbonyl (C=O) groups is 1. The van der Waals surface area contributed by atoms with Crippen LogP contribution in [0.5, 0.6) is 5.75 Å². The van der Waals surface area contributed by atoms with Crippen molar-refractivity contribution in [1.82, 2.24) is 4.90 Å². The summed E-state index contributed by atoms with van der Waals surface area (Å²) in [7, 11) is 0. The van der Waals surface area contributed by atoms with Crippen LogP contribution in [0.2, 0.25) is 0 Å². The molecule has 0 aliphatic rings. The quantitative estimate of drug-likeness (QED) is 0.830. The molecular weight excluding hydrogens is 264 g/mol. The normalized spacial score (nSPS) is 12.7. The number of hydrogen-bond acceptors (Lipinski definition) is 2. The van der Waals surface area contributed by atoms with Crippen LogP contribution in [0.4, 0.5) is 8.78 Å². The van der Waals surface area contributed by atoms with E-state index in [9.17, 15) is 13.6 Å². The van der Waals surface area contributed by atoms with Crippen LogP contribution in [-0.4, -0.2) is 29.0 Å². The number of amides is 1. The summed E-state index contributed by atoms with van der Waals surface area (Å²) in [6.45, 7) is 9.27. The number of nitrogens with zero attached hydrogens (tertiary/aromatic N) is 1. The van der Waals surface area contributed by atoms with Crippen molar-refractivity contribution in [3.63, 3.8) is 0 Å². The summed E-state index contributed by atoms with van der Waals surface area (Å²) in [5.74, 6) is -1.98. The van der Waals surface area contributed by atoms with Crippen molar-refractivity contribution in [1.29, 1.82) is 0 Å². The summed E-state index contributed by atoms with van der Waals surface area (Å²) in [5.41, 5.74) is 0. The van der Waals surface area contributed by atoms with Gasteiger partial charge in [0.05, 0.1) is 0 Å². The van der Waals surface area contributed by atoms with Crippen LogP contribution in [0.3, 0.4) is 0 Å². The van der Waals surface area contributed by atoms with Gasteiger partial charge in [-0.3, -0.25) is 4.79 Å². The van der Waals surface area contributed by atoms with Gasteiger partial charge in [0.2, 0.25) is 0 Å². The van der Waals surface area contributed by atoms with Crippen LogP contribution in [0.1, 0.15) is 34.6 Å². The molecule has 0 heterocycles. The minimum absolute atomic E-state index is 0.0403. The number of hydrogen-bond donors (Lipinski definition) is 0.